The molecular weight excluding hydrogens is 404 g/mol. The van der Waals surface area contributed by atoms with E-state index >= 15 is 0 Å². The number of nitrogens with zero attached hydrogens (tertiary/aromatic N) is 5. The number of likely N-dealkylation sites (tertiary alicyclic amines) is 2. The molecule has 0 unspecified atom stereocenters. The van der Waals surface area contributed by atoms with Crippen LogP contribution in [0.5, 0.6) is 0 Å². The summed E-state index contributed by atoms with van der Waals surface area (Å²) in [6.07, 6.45) is 8.13. The molecule has 0 radical (unpaired) electrons. The number of carbonyl (C=O) groups excluding carboxylic acids is 2. The Morgan fingerprint density at radius 2 is 1.70 bits per heavy atom. The maximum Gasteiger partial charge on any atom is 0.227 e. The number of nitrogens with two attached hydrogens (primary N) is 1. The summed E-state index contributed by atoms with van der Waals surface area (Å²) in [5.41, 5.74) is 6.11. The maximum absolute atomic E-state index is 13.2. The average molecular weight is 439 g/mol. The number of hydrogen-bond donors (Lipinski definition) is 1. The molecule has 0 saturated carbocycles. The second-order valence-electron chi connectivity index (χ2n) is 8.99. The van der Waals surface area contributed by atoms with Gasteiger partial charge in [-0.2, -0.15) is 0 Å². The first-order valence-electron chi connectivity index (χ1n) is 11.2. The zero-order valence-electron chi connectivity index (χ0n) is 18.0. The topological polar surface area (TPSA) is 97.3 Å². The number of rotatable bonds is 2. The van der Waals surface area contributed by atoms with Crippen LogP contribution in [0.3, 0.4) is 0 Å². The van der Waals surface area contributed by atoms with Gasteiger partial charge in [-0.1, -0.05) is 6.42 Å². The van der Waals surface area contributed by atoms with Crippen LogP contribution < -0.4 is 5.73 Å². The molecule has 4 rings (SSSR count). The Hall–Kier alpha value is -1.67. The molecule has 1 aromatic rings. The highest BCUT2D eigenvalue weighted by Gasteiger charge is 2.34. The monoisotopic (exact) mass is 438 g/mol. The van der Waals surface area contributed by atoms with Crippen molar-refractivity contribution < 1.29 is 9.59 Å². The second-order valence-corrected chi connectivity index (χ2v) is 8.99. The quantitative estimate of drug-likeness (QED) is 0.758. The summed E-state index contributed by atoms with van der Waals surface area (Å²) in [6.45, 7) is 5.16. The smallest absolute Gasteiger partial charge is 0.227 e. The van der Waals surface area contributed by atoms with Crippen molar-refractivity contribution in [2.24, 2.45) is 11.7 Å². The minimum atomic E-state index is -0.131. The molecule has 2 amide bonds. The number of amides is 2. The van der Waals surface area contributed by atoms with E-state index in [9.17, 15) is 9.59 Å². The van der Waals surface area contributed by atoms with E-state index in [4.69, 9.17) is 5.73 Å². The van der Waals surface area contributed by atoms with Gasteiger partial charge in [-0.3, -0.25) is 9.59 Å². The summed E-state index contributed by atoms with van der Waals surface area (Å²) in [6, 6.07) is -0.0364. The molecule has 0 aromatic carbocycles. The fourth-order valence-corrected chi connectivity index (χ4v) is 5.11. The van der Waals surface area contributed by atoms with Crippen molar-refractivity contribution >= 4 is 24.2 Å². The van der Waals surface area contributed by atoms with Gasteiger partial charge in [0.15, 0.2) is 0 Å². The third-order valence-electron chi connectivity index (χ3n) is 6.89. The van der Waals surface area contributed by atoms with Gasteiger partial charge in [0.1, 0.15) is 11.6 Å². The Kier molecular flexibility index (Phi) is 7.74. The summed E-state index contributed by atoms with van der Waals surface area (Å²) in [4.78, 5) is 28.8. The van der Waals surface area contributed by atoms with Gasteiger partial charge in [0.05, 0.1) is 5.92 Å². The summed E-state index contributed by atoms with van der Waals surface area (Å²) in [5, 5.41) is 8.97. The highest BCUT2D eigenvalue weighted by Crippen LogP contribution is 2.30. The van der Waals surface area contributed by atoms with E-state index in [0.717, 1.165) is 63.4 Å². The molecule has 8 nitrogen and oxygen atoms in total. The second kappa shape index (κ2) is 10.1. The van der Waals surface area contributed by atoms with Crippen LogP contribution in [0.1, 0.15) is 69.4 Å². The van der Waals surface area contributed by atoms with E-state index in [2.05, 4.69) is 14.8 Å². The van der Waals surface area contributed by atoms with Gasteiger partial charge >= 0.3 is 0 Å². The molecule has 2 saturated heterocycles. The molecule has 2 fully saturated rings. The van der Waals surface area contributed by atoms with Crippen molar-refractivity contribution in [3.8, 4) is 0 Å². The summed E-state index contributed by atoms with van der Waals surface area (Å²) >= 11 is 0. The van der Waals surface area contributed by atoms with Crippen LogP contribution >= 0.6 is 12.4 Å². The van der Waals surface area contributed by atoms with Crippen LogP contribution in [-0.2, 0) is 22.6 Å². The van der Waals surface area contributed by atoms with Crippen LogP contribution in [0.2, 0.25) is 0 Å². The summed E-state index contributed by atoms with van der Waals surface area (Å²) in [5.74, 6) is 2.70. The molecule has 0 bridgehead atoms. The largest absolute Gasteiger partial charge is 0.342 e. The Morgan fingerprint density at radius 1 is 0.933 bits per heavy atom. The molecule has 168 valence electrons. The number of halogens is 1. The van der Waals surface area contributed by atoms with Crippen LogP contribution in [0.25, 0.3) is 0 Å². The molecule has 0 aliphatic carbocycles. The van der Waals surface area contributed by atoms with Crippen molar-refractivity contribution in [2.75, 3.05) is 26.2 Å². The van der Waals surface area contributed by atoms with Crippen molar-refractivity contribution in [3.63, 3.8) is 0 Å². The molecule has 30 heavy (non-hydrogen) atoms. The fraction of sp³-hybridized carbons (Fsp3) is 0.810. The predicted octanol–water partition coefficient (Wildman–Crippen LogP) is 1.72. The lowest BCUT2D eigenvalue weighted by atomic mass is 9.93. The first kappa shape index (κ1) is 23.0. The lowest BCUT2D eigenvalue weighted by molar-refractivity contribution is -0.138. The SMILES string of the molecule is CC(=O)N1C[C@@H](N)CC[C@@H](C(=O)N2CCC(c3nnc4n3CCCCC4)CC2)C1.Cl. The molecule has 2 N–H and O–H groups in total. The van der Waals surface area contributed by atoms with E-state index in [1.807, 2.05) is 4.90 Å². The van der Waals surface area contributed by atoms with E-state index in [1.54, 1.807) is 11.8 Å². The lowest BCUT2D eigenvalue weighted by Crippen LogP contribution is -2.45. The zero-order chi connectivity index (χ0) is 20.4. The maximum atomic E-state index is 13.2. The predicted molar refractivity (Wildman–Crippen MR) is 116 cm³/mol. The molecule has 3 aliphatic heterocycles. The first-order valence-corrected chi connectivity index (χ1v) is 11.2. The van der Waals surface area contributed by atoms with Crippen LogP contribution in [0.15, 0.2) is 0 Å². The van der Waals surface area contributed by atoms with Crippen molar-refractivity contribution in [2.45, 2.75) is 76.8 Å². The number of aryl methyl sites for hydroxylation is 1. The lowest BCUT2D eigenvalue weighted by Gasteiger charge is -2.34. The van der Waals surface area contributed by atoms with Crippen LogP contribution in [0, 0.1) is 5.92 Å². The number of aromatic nitrogens is 3. The van der Waals surface area contributed by atoms with E-state index in [1.165, 1.54) is 19.3 Å². The van der Waals surface area contributed by atoms with Crippen molar-refractivity contribution in [1.82, 2.24) is 24.6 Å². The third kappa shape index (κ3) is 4.97. The van der Waals surface area contributed by atoms with Gasteiger partial charge in [0.25, 0.3) is 0 Å². The zero-order valence-corrected chi connectivity index (χ0v) is 18.8. The number of hydrogen-bond acceptors (Lipinski definition) is 5. The van der Waals surface area contributed by atoms with Gasteiger partial charge in [-0.15, -0.1) is 22.6 Å². The van der Waals surface area contributed by atoms with E-state index in [-0.39, 0.29) is 36.2 Å². The minimum absolute atomic E-state index is 0. The molecule has 9 heteroatoms. The van der Waals surface area contributed by atoms with Gasteiger partial charge in [-0.05, 0) is 38.5 Å². The average Bonchev–Trinajstić information content (AvgIpc) is 2.87. The molecule has 0 spiro atoms. The normalized spacial score (nSPS) is 25.7. The van der Waals surface area contributed by atoms with E-state index in [0.29, 0.717) is 19.0 Å². The number of carbonyl (C=O) groups is 2. The van der Waals surface area contributed by atoms with Crippen LogP contribution in [0.4, 0.5) is 0 Å². The van der Waals surface area contributed by atoms with Gasteiger partial charge in [0, 0.05) is 58.0 Å². The Morgan fingerprint density at radius 3 is 2.43 bits per heavy atom. The minimum Gasteiger partial charge on any atom is -0.342 e. The Labute approximate surface area is 185 Å². The summed E-state index contributed by atoms with van der Waals surface area (Å²) < 4.78 is 2.34. The molecule has 1 aromatic heterocycles. The van der Waals surface area contributed by atoms with Crippen LogP contribution in [-0.4, -0.2) is 68.6 Å². The van der Waals surface area contributed by atoms with Gasteiger partial charge in [-0.25, -0.2) is 0 Å². The third-order valence-corrected chi connectivity index (χ3v) is 6.89. The Bertz CT molecular complexity index is 746. The molecule has 2 atom stereocenters. The fourth-order valence-electron chi connectivity index (χ4n) is 5.11. The highest BCUT2D eigenvalue weighted by molar-refractivity contribution is 5.85. The van der Waals surface area contributed by atoms with Gasteiger partial charge < -0.3 is 20.1 Å². The Balaban J connectivity index is 0.00000256. The molecular formula is C21H35ClN6O2. The molecule has 4 heterocycles. The summed E-state index contributed by atoms with van der Waals surface area (Å²) in [7, 11) is 0. The van der Waals surface area contributed by atoms with Crippen molar-refractivity contribution in [1.29, 1.82) is 0 Å². The number of piperidine rings is 1. The number of fused-ring (bicyclic) bond motifs is 1. The standard InChI is InChI=1S/C21H34N6O2.ClH/c1-15(28)26-13-17(6-7-18(22)14-26)21(29)25-11-8-16(9-12-25)20-24-23-19-5-3-2-4-10-27(19)20;/h16-18H,2-14,22H2,1H3;1H/t17-,18+;/m1./s1. The van der Waals surface area contributed by atoms with E-state index < -0.39 is 0 Å². The first-order chi connectivity index (χ1) is 14.0. The van der Waals surface area contributed by atoms with Gasteiger partial charge in [0.2, 0.25) is 11.8 Å². The van der Waals surface area contributed by atoms with Crippen molar-refractivity contribution in [3.05, 3.63) is 11.6 Å². The highest BCUT2D eigenvalue weighted by atomic mass is 35.5. The molecule has 3 aliphatic rings.